The molecule has 0 aliphatic heterocycles. The van der Waals surface area contributed by atoms with Crippen molar-refractivity contribution < 1.29 is 18.4 Å². The van der Waals surface area contributed by atoms with Crippen LogP contribution in [0.4, 0.5) is 21.6 Å². The second-order valence-corrected chi connectivity index (χ2v) is 7.28. The van der Waals surface area contributed by atoms with E-state index in [1.165, 1.54) is 36.4 Å². The van der Waals surface area contributed by atoms with Gasteiger partial charge in [-0.25, -0.2) is 9.37 Å². The first kappa shape index (κ1) is 20.6. The Balaban J connectivity index is 1.62. The van der Waals surface area contributed by atoms with Gasteiger partial charge in [-0.3, -0.25) is 19.4 Å². The fourth-order valence-corrected chi connectivity index (χ4v) is 3.11. The highest BCUT2D eigenvalue weighted by molar-refractivity contribution is 9.10. The van der Waals surface area contributed by atoms with Crippen LogP contribution in [-0.2, 0) is 4.79 Å². The number of carbonyl (C=O) groups excluding carboxylic acids is 2. The first-order chi connectivity index (χ1) is 13.8. The van der Waals surface area contributed by atoms with Crippen LogP contribution in [0.15, 0.2) is 55.4 Å². The smallest absolute Gasteiger partial charge is 0.291 e. The zero-order valence-electron chi connectivity index (χ0n) is 14.5. The molecule has 2 aromatic heterocycles. The van der Waals surface area contributed by atoms with Gasteiger partial charge in [0.2, 0.25) is 5.91 Å². The zero-order valence-corrected chi connectivity index (χ0v) is 16.9. The van der Waals surface area contributed by atoms with Crippen LogP contribution in [0.25, 0.3) is 0 Å². The number of carbonyl (C=O) groups is 2. The standard InChI is InChI=1S/C17H13BrFN5O4S/c18-11-6-5-10(28-11)15(26)22-13-14(20)23-17(24-16(13)27)29-7-12(25)21-9-3-1-8(19)2-4-9/h1-6H,7H2,(H,21,25)(H,22,26)(H3,20,23,24,27). The molecular weight excluding hydrogens is 469 g/mol. The number of halogens is 2. The number of H-pyrrole nitrogens is 1. The number of furan rings is 1. The Morgan fingerprint density at radius 2 is 1.93 bits per heavy atom. The van der Waals surface area contributed by atoms with Crippen LogP contribution in [0.3, 0.4) is 0 Å². The number of amides is 2. The van der Waals surface area contributed by atoms with E-state index in [0.29, 0.717) is 10.4 Å². The van der Waals surface area contributed by atoms with Gasteiger partial charge in [-0.15, -0.1) is 0 Å². The molecule has 0 atom stereocenters. The van der Waals surface area contributed by atoms with Crippen LogP contribution in [0.2, 0.25) is 0 Å². The second-order valence-electron chi connectivity index (χ2n) is 5.53. The molecule has 1 aromatic carbocycles. The highest BCUT2D eigenvalue weighted by Crippen LogP contribution is 2.19. The maximum absolute atomic E-state index is 12.9. The van der Waals surface area contributed by atoms with Crippen LogP contribution in [0.1, 0.15) is 10.6 Å². The van der Waals surface area contributed by atoms with Crippen LogP contribution in [-0.4, -0.2) is 27.5 Å². The molecule has 5 N–H and O–H groups in total. The fraction of sp³-hybridized carbons (Fsp3) is 0.0588. The molecule has 0 fully saturated rings. The molecule has 0 saturated heterocycles. The number of thioether (sulfide) groups is 1. The summed E-state index contributed by atoms with van der Waals surface area (Å²) in [4.78, 5) is 42.7. The van der Waals surface area contributed by atoms with Gasteiger partial charge in [0.05, 0.1) is 5.75 Å². The summed E-state index contributed by atoms with van der Waals surface area (Å²) >= 11 is 4.01. The first-order valence-corrected chi connectivity index (χ1v) is 9.74. The predicted octanol–water partition coefficient (Wildman–Crippen LogP) is 2.83. The van der Waals surface area contributed by atoms with Crippen molar-refractivity contribution in [3.63, 3.8) is 0 Å². The number of hydrogen-bond acceptors (Lipinski definition) is 7. The Kier molecular flexibility index (Phi) is 6.34. The third-order valence-electron chi connectivity index (χ3n) is 3.43. The van der Waals surface area contributed by atoms with Crippen LogP contribution in [0, 0.1) is 5.82 Å². The lowest BCUT2D eigenvalue weighted by Crippen LogP contribution is -2.23. The van der Waals surface area contributed by atoms with E-state index in [9.17, 15) is 18.8 Å². The van der Waals surface area contributed by atoms with Crippen molar-refractivity contribution in [1.29, 1.82) is 0 Å². The lowest BCUT2D eigenvalue weighted by atomic mass is 10.3. The molecule has 0 radical (unpaired) electrons. The number of nitrogens with zero attached hydrogens (tertiary/aromatic N) is 1. The molecule has 0 aliphatic carbocycles. The topological polar surface area (TPSA) is 143 Å². The Morgan fingerprint density at radius 1 is 1.21 bits per heavy atom. The summed E-state index contributed by atoms with van der Waals surface area (Å²) in [6.45, 7) is 0. The summed E-state index contributed by atoms with van der Waals surface area (Å²) in [7, 11) is 0. The maximum Gasteiger partial charge on any atom is 0.291 e. The number of nitrogen functional groups attached to an aromatic ring is 1. The zero-order chi connectivity index (χ0) is 21.0. The molecule has 3 aromatic rings. The molecule has 2 amide bonds. The number of rotatable bonds is 6. The third-order valence-corrected chi connectivity index (χ3v) is 4.73. The fourth-order valence-electron chi connectivity index (χ4n) is 2.13. The van der Waals surface area contributed by atoms with Crippen molar-refractivity contribution in [2.24, 2.45) is 0 Å². The third kappa shape index (κ3) is 5.45. The van der Waals surface area contributed by atoms with Crippen molar-refractivity contribution in [2.45, 2.75) is 5.16 Å². The molecule has 0 unspecified atom stereocenters. The number of benzene rings is 1. The predicted molar refractivity (Wildman–Crippen MR) is 109 cm³/mol. The van der Waals surface area contributed by atoms with Gasteiger partial charge >= 0.3 is 0 Å². The molecule has 0 saturated carbocycles. The van der Waals surface area contributed by atoms with Gasteiger partial charge in [0.25, 0.3) is 11.5 Å². The number of nitrogens with one attached hydrogen (secondary N) is 3. The maximum atomic E-state index is 12.9. The number of hydrogen-bond donors (Lipinski definition) is 4. The largest absolute Gasteiger partial charge is 0.444 e. The van der Waals surface area contributed by atoms with Gasteiger partial charge in [0, 0.05) is 5.69 Å². The number of aromatic nitrogens is 2. The molecule has 0 aliphatic rings. The number of anilines is 3. The van der Waals surface area contributed by atoms with E-state index in [1.807, 2.05) is 0 Å². The van der Waals surface area contributed by atoms with Crippen molar-refractivity contribution in [3.8, 4) is 0 Å². The summed E-state index contributed by atoms with van der Waals surface area (Å²) in [6.07, 6.45) is 0. The highest BCUT2D eigenvalue weighted by atomic mass is 79.9. The molecule has 0 spiro atoms. The van der Waals surface area contributed by atoms with Crippen molar-refractivity contribution in [1.82, 2.24) is 9.97 Å². The molecule has 29 heavy (non-hydrogen) atoms. The number of aromatic amines is 1. The molecule has 12 heteroatoms. The second kappa shape index (κ2) is 8.92. The van der Waals surface area contributed by atoms with Crippen LogP contribution >= 0.6 is 27.7 Å². The van der Waals surface area contributed by atoms with Gasteiger partial charge in [-0.05, 0) is 52.3 Å². The molecular formula is C17H13BrFN5O4S. The average molecular weight is 482 g/mol. The summed E-state index contributed by atoms with van der Waals surface area (Å²) < 4.78 is 18.3. The van der Waals surface area contributed by atoms with Gasteiger partial charge in [0.15, 0.2) is 27.1 Å². The van der Waals surface area contributed by atoms with E-state index in [4.69, 9.17) is 10.2 Å². The van der Waals surface area contributed by atoms with E-state index in [1.54, 1.807) is 0 Å². The van der Waals surface area contributed by atoms with Crippen molar-refractivity contribution in [3.05, 3.63) is 63.0 Å². The lowest BCUT2D eigenvalue weighted by molar-refractivity contribution is -0.113. The van der Waals surface area contributed by atoms with Crippen molar-refractivity contribution in [2.75, 3.05) is 22.1 Å². The lowest BCUT2D eigenvalue weighted by Gasteiger charge is -2.08. The molecule has 0 bridgehead atoms. The summed E-state index contributed by atoms with van der Waals surface area (Å²) in [5, 5.41) is 5.01. The summed E-state index contributed by atoms with van der Waals surface area (Å²) in [6, 6.07) is 8.22. The van der Waals surface area contributed by atoms with Gasteiger partial charge in [-0.1, -0.05) is 11.8 Å². The highest BCUT2D eigenvalue weighted by Gasteiger charge is 2.17. The Hall–Kier alpha value is -3.12. The SMILES string of the molecule is Nc1nc(SCC(=O)Nc2ccc(F)cc2)[nH]c(=O)c1NC(=O)c1ccc(Br)o1. The van der Waals surface area contributed by atoms with E-state index >= 15 is 0 Å². The summed E-state index contributed by atoms with van der Waals surface area (Å²) in [5.74, 6) is -1.79. The normalized spacial score (nSPS) is 10.6. The van der Waals surface area contributed by atoms with E-state index in [-0.39, 0.29) is 34.1 Å². The van der Waals surface area contributed by atoms with E-state index in [0.717, 1.165) is 11.8 Å². The first-order valence-electron chi connectivity index (χ1n) is 7.96. The van der Waals surface area contributed by atoms with Gasteiger partial charge < -0.3 is 20.8 Å². The van der Waals surface area contributed by atoms with Gasteiger partial charge in [0.1, 0.15) is 5.82 Å². The Morgan fingerprint density at radius 3 is 2.55 bits per heavy atom. The quantitative estimate of drug-likeness (QED) is 0.313. The molecule has 2 heterocycles. The monoisotopic (exact) mass is 481 g/mol. The van der Waals surface area contributed by atoms with Crippen molar-refractivity contribution >= 4 is 56.7 Å². The molecule has 150 valence electrons. The minimum atomic E-state index is -0.682. The molecule has 9 nitrogen and oxygen atoms in total. The van der Waals surface area contributed by atoms with Crippen LogP contribution < -0.4 is 21.9 Å². The Labute approximate surface area is 175 Å². The van der Waals surface area contributed by atoms with E-state index in [2.05, 4.69) is 36.5 Å². The Bertz CT molecular complexity index is 1120. The number of nitrogens with two attached hydrogens (primary N) is 1. The van der Waals surface area contributed by atoms with Crippen LogP contribution in [0.5, 0.6) is 0 Å². The van der Waals surface area contributed by atoms with E-state index < -0.39 is 17.3 Å². The summed E-state index contributed by atoms with van der Waals surface area (Å²) in [5.41, 5.74) is 5.28. The average Bonchev–Trinajstić information content (AvgIpc) is 3.11. The minimum absolute atomic E-state index is 0.0217. The minimum Gasteiger partial charge on any atom is -0.444 e. The molecule has 3 rings (SSSR count). The van der Waals surface area contributed by atoms with Gasteiger partial charge in [-0.2, -0.15) is 0 Å².